The zero-order valence-electron chi connectivity index (χ0n) is 13.4. The van der Waals surface area contributed by atoms with Gasteiger partial charge in [-0.05, 0) is 31.2 Å². The summed E-state index contributed by atoms with van der Waals surface area (Å²) in [5.41, 5.74) is 1.14. The van der Waals surface area contributed by atoms with E-state index in [4.69, 9.17) is 9.47 Å². The summed E-state index contributed by atoms with van der Waals surface area (Å²) in [7, 11) is -2.00. The van der Waals surface area contributed by atoms with Crippen molar-refractivity contribution in [2.24, 2.45) is 0 Å². The fourth-order valence-electron chi connectivity index (χ4n) is 3.14. The summed E-state index contributed by atoms with van der Waals surface area (Å²) in [6, 6.07) is 6.38. The Labute approximate surface area is 140 Å². The molecule has 24 heavy (non-hydrogen) atoms. The predicted octanol–water partition coefficient (Wildman–Crippen LogP) is 1.22. The van der Waals surface area contributed by atoms with Gasteiger partial charge >= 0.3 is 0 Å². The highest BCUT2D eigenvalue weighted by molar-refractivity contribution is 7.89. The number of benzene rings is 1. The van der Waals surface area contributed by atoms with Crippen LogP contribution in [-0.4, -0.2) is 42.9 Å². The van der Waals surface area contributed by atoms with Crippen LogP contribution in [0, 0.1) is 6.92 Å². The van der Waals surface area contributed by atoms with Crippen LogP contribution in [0.25, 0.3) is 0 Å². The van der Waals surface area contributed by atoms with E-state index >= 15 is 0 Å². The van der Waals surface area contributed by atoms with E-state index in [2.05, 4.69) is 9.97 Å². The van der Waals surface area contributed by atoms with Gasteiger partial charge in [0.2, 0.25) is 10.0 Å². The van der Waals surface area contributed by atoms with E-state index < -0.39 is 15.6 Å². The molecule has 8 heteroatoms. The Morgan fingerprint density at radius 1 is 1.25 bits per heavy atom. The minimum Gasteiger partial charge on any atom is -0.497 e. The number of hydrogen-bond acceptors (Lipinski definition) is 6. The van der Waals surface area contributed by atoms with Gasteiger partial charge in [-0.1, -0.05) is 0 Å². The van der Waals surface area contributed by atoms with Crippen molar-refractivity contribution in [3.8, 4) is 5.75 Å². The van der Waals surface area contributed by atoms with E-state index in [9.17, 15) is 8.42 Å². The Hall–Kier alpha value is -2.03. The molecule has 1 fully saturated rings. The molecule has 0 radical (unpaired) electrons. The van der Waals surface area contributed by atoms with Gasteiger partial charge in [0, 0.05) is 24.8 Å². The first-order chi connectivity index (χ1) is 11.4. The molecule has 126 valence electrons. The highest BCUT2D eigenvalue weighted by Crippen LogP contribution is 2.44. The summed E-state index contributed by atoms with van der Waals surface area (Å²) in [5, 5.41) is 0. The molecule has 0 saturated carbocycles. The van der Waals surface area contributed by atoms with Crippen molar-refractivity contribution in [3.05, 3.63) is 47.5 Å². The lowest BCUT2D eigenvalue weighted by Crippen LogP contribution is -2.61. The van der Waals surface area contributed by atoms with Gasteiger partial charge < -0.3 is 9.47 Å². The number of ether oxygens (including phenoxy) is 2. The lowest BCUT2D eigenvalue weighted by atomic mass is 9.90. The Morgan fingerprint density at radius 2 is 1.96 bits per heavy atom. The zero-order valence-corrected chi connectivity index (χ0v) is 14.2. The first-order valence-corrected chi connectivity index (χ1v) is 9.00. The molecule has 0 atom stereocenters. The van der Waals surface area contributed by atoms with Crippen molar-refractivity contribution in [1.82, 2.24) is 14.3 Å². The first kappa shape index (κ1) is 15.5. The van der Waals surface area contributed by atoms with Crippen LogP contribution >= 0.6 is 0 Å². The summed E-state index contributed by atoms with van der Waals surface area (Å²) in [5.74, 6) is 1.31. The average Bonchev–Trinajstić information content (AvgIpc) is 2.92. The van der Waals surface area contributed by atoms with Crippen LogP contribution in [0.15, 0.2) is 35.4 Å². The molecule has 1 aromatic heterocycles. The largest absolute Gasteiger partial charge is 0.497 e. The molecule has 0 unspecified atom stereocenters. The second-order valence-corrected chi connectivity index (χ2v) is 7.95. The van der Waals surface area contributed by atoms with E-state index in [1.165, 1.54) is 4.31 Å². The van der Waals surface area contributed by atoms with Gasteiger partial charge in [-0.15, -0.1) is 0 Å². The Balaban J connectivity index is 1.57. The molecule has 1 aromatic carbocycles. The van der Waals surface area contributed by atoms with E-state index in [-0.39, 0.29) is 18.0 Å². The zero-order chi connectivity index (χ0) is 16.9. The smallest absolute Gasteiger partial charge is 0.243 e. The summed E-state index contributed by atoms with van der Waals surface area (Å²) < 4.78 is 37.8. The number of aromatic nitrogens is 2. The maximum absolute atomic E-state index is 12.7. The predicted molar refractivity (Wildman–Crippen MR) is 85.0 cm³/mol. The minimum atomic E-state index is -3.54. The third kappa shape index (κ3) is 2.21. The van der Waals surface area contributed by atoms with E-state index in [1.807, 2.05) is 6.92 Å². The molecule has 3 heterocycles. The molecule has 2 aliphatic heterocycles. The number of rotatable bonds is 3. The van der Waals surface area contributed by atoms with E-state index in [1.54, 1.807) is 37.6 Å². The fraction of sp³-hybridized carbons (Fsp3) is 0.375. The number of aryl methyl sites for hydroxylation is 1. The van der Waals surface area contributed by atoms with Crippen LogP contribution in [0.1, 0.15) is 17.1 Å². The molecule has 0 aliphatic carbocycles. The van der Waals surface area contributed by atoms with Crippen molar-refractivity contribution in [2.45, 2.75) is 24.0 Å². The SMILES string of the molecule is COc1ccc(S(=O)(=O)N2CC3(C2)OCc2nc(C)ncc23)cc1. The lowest BCUT2D eigenvalue weighted by molar-refractivity contribution is -0.112. The Kier molecular flexibility index (Phi) is 3.38. The molecule has 2 aromatic rings. The molecule has 7 nitrogen and oxygen atoms in total. The minimum absolute atomic E-state index is 0.247. The molecule has 1 saturated heterocycles. The molecule has 0 N–H and O–H groups in total. The van der Waals surface area contributed by atoms with Crippen molar-refractivity contribution < 1.29 is 17.9 Å². The highest BCUT2D eigenvalue weighted by atomic mass is 32.2. The van der Waals surface area contributed by atoms with E-state index in [0.29, 0.717) is 18.2 Å². The molecule has 2 aliphatic rings. The van der Waals surface area contributed by atoms with Gasteiger partial charge in [0.25, 0.3) is 0 Å². The molecule has 0 amide bonds. The second kappa shape index (κ2) is 5.23. The topological polar surface area (TPSA) is 81.6 Å². The van der Waals surface area contributed by atoms with Crippen LogP contribution in [0.4, 0.5) is 0 Å². The van der Waals surface area contributed by atoms with Gasteiger partial charge in [-0.2, -0.15) is 4.31 Å². The number of sulfonamides is 1. The van der Waals surface area contributed by atoms with Gasteiger partial charge in [0.05, 0.1) is 24.3 Å². The summed E-state index contributed by atoms with van der Waals surface area (Å²) in [6.07, 6.45) is 1.75. The second-order valence-electron chi connectivity index (χ2n) is 6.01. The maximum Gasteiger partial charge on any atom is 0.243 e. The fourth-order valence-corrected chi connectivity index (χ4v) is 4.68. The number of fused-ring (bicyclic) bond motifs is 2. The Bertz CT molecular complexity index is 890. The lowest BCUT2D eigenvalue weighted by Gasteiger charge is -2.46. The maximum atomic E-state index is 12.7. The van der Waals surface area contributed by atoms with Crippen LogP contribution in [0.2, 0.25) is 0 Å². The number of hydrogen-bond donors (Lipinski definition) is 0. The molecule has 1 spiro atoms. The van der Waals surface area contributed by atoms with Gasteiger partial charge in [-0.25, -0.2) is 18.4 Å². The third-order valence-corrected chi connectivity index (χ3v) is 6.33. The van der Waals surface area contributed by atoms with Gasteiger partial charge in [-0.3, -0.25) is 0 Å². The van der Waals surface area contributed by atoms with E-state index in [0.717, 1.165) is 11.3 Å². The van der Waals surface area contributed by atoms with Crippen LogP contribution in [0.3, 0.4) is 0 Å². The number of methoxy groups -OCH3 is 1. The highest BCUT2D eigenvalue weighted by Gasteiger charge is 2.54. The van der Waals surface area contributed by atoms with Crippen LogP contribution < -0.4 is 4.74 Å². The normalized spacial score (nSPS) is 19.1. The van der Waals surface area contributed by atoms with Gasteiger partial charge in [0.1, 0.15) is 17.2 Å². The van der Waals surface area contributed by atoms with Crippen molar-refractivity contribution in [1.29, 1.82) is 0 Å². The number of nitrogens with zero attached hydrogens (tertiary/aromatic N) is 3. The monoisotopic (exact) mass is 347 g/mol. The Morgan fingerprint density at radius 3 is 2.62 bits per heavy atom. The summed E-state index contributed by atoms with van der Waals surface area (Å²) >= 11 is 0. The standard InChI is InChI=1S/C16H17N3O4S/c1-11-17-7-14-15(18-11)8-23-16(14)9-19(10-16)24(20,21)13-5-3-12(22-2)4-6-13/h3-7H,8-10H2,1-2H3. The summed E-state index contributed by atoms with van der Waals surface area (Å²) in [4.78, 5) is 8.84. The van der Waals surface area contributed by atoms with Crippen molar-refractivity contribution in [2.75, 3.05) is 20.2 Å². The molecular formula is C16H17N3O4S. The van der Waals surface area contributed by atoms with Crippen LogP contribution in [-0.2, 0) is 27.0 Å². The van der Waals surface area contributed by atoms with Crippen LogP contribution in [0.5, 0.6) is 5.75 Å². The van der Waals surface area contributed by atoms with Crippen molar-refractivity contribution in [3.63, 3.8) is 0 Å². The molecular weight excluding hydrogens is 330 g/mol. The summed E-state index contributed by atoms with van der Waals surface area (Å²) in [6.45, 7) is 2.78. The first-order valence-electron chi connectivity index (χ1n) is 7.56. The molecule has 4 rings (SSSR count). The molecule has 0 bridgehead atoms. The average molecular weight is 347 g/mol. The third-order valence-electron chi connectivity index (χ3n) is 4.52. The van der Waals surface area contributed by atoms with Crippen molar-refractivity contribution >= 4 is 10.0 Å². The van der Waals surface area contributed by atoms with Gasteiger partial charge in [0.15, 0.2) is 0 Å². The quantitative estimate of drug-likeness (QED) is 0.830.